The van der Waals surface area contributed by atoms with Crippen LogP contribution in [0.5, 0.6) is 0 Å². The van der Waals surface area contributed by atoms with E-state index in [4.69, 9.17) is 16.0 Å². The Morgan fingerprint density at radius 2 is 2.14 bits per heavy atom. The summed E-state index contributed by atoms with van der Waals surface area (Å²) in [6, 6.07) is 5.60. The molecule has 0 radical (unpaired) electrons. The second kappa shape index (κ2) is 5.90. The molecule has 1 aromatic carbocycles. The van der Waals surface area contributed by atoms with Gasteiger partial charge in [-0.3, -0.25) is 5.41 Å². The van der Waals surface area contributed by atoms with Crippen LogP contribution in [-0.2, 0) is 9.57 Å². The molecule has 0 aliphatic carbocycles. The Bertz CT molecular complexity index is 622. The van der Waals surface area contributed by atoms with E-state index in [1.54, 1.807) is 17.1 Å². The second-order valence-electron chi connectivity index (χ2n) is 4.59. The molecule has 2 aromatic rings. The van der Waals surface area contributed by atoms with Crippen molar-refractivity contribution in [2.45, 2.75) is 0 Å². The molecule has 1 aromatic heterocycles. The van der Waals surface area contributed by atoms with Gasteiger partial charge in [-0.25, -0.2) is 9.67 Å². The third-order valence-corrected chi connectivity index (χ3v) is 3.38. The number of rotatable bonds is 3. The quantitative estimate of drug-likeness (QED) is 0.479. The van der Waals surface area contributed by atoms with E-state index in [9.17, 15) is 0 Å². The van der Waals surface area contributed by atoms with E-state index in [1.807, 2.05) is 12.1 Å². The summed E-state index contributed by atoms with van der Waals surface area (Å²) >= 11 is 0. The summed E-state index contributed by atoms with van der Waals surface area (Å²) in [6.45, 7) is 2.82. The van der Waals surface area contributed by atoms with Crippen molar-refractivity contribution in [1.29, 1.82) is 5.41 Å². The smallest absolute Gasteiger partial charge is 0.239 e. The summed E-state index contributed by atoms with van der Waals surface area (Å²) in [5.41, 5.74) is 2.38. The zero-order valence-corrected chi connectivity index (χ0v) is 11.4. The topological polar surface area (TPSA) is 102 Å². The lowest BCUT2D eigenvalue weighted by Crippen LogP contribution is -2.37. The third kappa shape index (κ3) is 2.71. The van der Waals surface area contributed by atoms with Gasteiger partial charge in [-0.15, -0.1) is 0 Å². The van der Waals surface area contributed by atoms with Crippen molar-refractivity contribution in [1.82, 2.24) is 14.8 Å². The van der Waals surface area contributed by atoms with Gasteiger partial charge in [-0.2, -0.15) is 11.0 Å². The Kier molecular flexibility index (Phi) is 3.80. The Morgan fingerprint density at radius 3 is 2.81 bits per heavy atom. The van der Waals surface area contributed by atoms with Gasteiger partial charge in [0.25, 0.3) is 0 Å². The summed E-state index contributed by atoms with van der Waals surface area (Å²) in [6.07, 6.45) is 3.11. The highest BCUT2D eigenvalue weighted by Gasteiger charge is 2.19. The zero-order valence-electron chi connectivity index (χ0n) is 11.4. The molecule has 8 heteroatoms. The fraction of sp³-hybridized carbons (Fsp3) is 0.308. The van der Waals surface area contributed by atoms with E-state index < -0.39 is 0 Å². The fourth-order valence-electron chi connectivity index (χ4n) is 2.33. The SMILES string of the molecule is N=C(ON)c1ccc(-n2cncn2)cc1N1CCOCC1. The molecule has 3 N–H and O–H groups in total. The van der Waals surface area contributed by atoms with Crippen LogP contribution in [0.3, 0.4) is 0 Å². The molecule has 1 fully saturated rings. The Morgan fingerprint density at radius 1 is 1.33 bits per heavy atom. The average molecular weight is 288 g/mol. The van der Waals surface area contributed by atoms with Crippen molar-refractivity contribution in [3.05, 3.63) is 36.4 Å². The van der Waals surface area contributed by atoms with E-state index in [0.717, 1.165) is 24.5 Å². The van der Waals surface area contributed by atoms with Gasteiger partial charge in [0.05, 0.1) is 30.2 Å². The van der Waals surface area contributed by atoms with E-state index in [2.05, 4.69) is 19.8 Å². The summed E-state index contributed by atoms with van der Waals surface area (Å²) in [5.74, 6) is 5.07. The van der Waals surface area contributed by atoms with Gasteiger partial charge in [0, 0.05) is 13.1 Å². The molecule has 110 valence electrons. The highest BCUT2D eigenvalue weighted by atomic mass is 16.6. The number of benzene rings is 1. The molecule has 1 aliphatic heterocycles. The Balaban J connectivity index is 2.03. The van der Waals surface area contributed by atoms with Crippen LogP contribution in [0.2, 0.25) is 0 Å². The number of aromatic nitrogens is 3. The first-order valence-corrected chi connectivity index (χ1v) is 6.57. The van der Waals surface area contributed by atoms with Gasteiger partial charge in [-0.05, 0) is 18.2 Å². The number of anilines is 1. The summed E-state index contributed by atoms with van der Waals surface area (Å²) in [5, 5.41) is 12.0. The largest absolute Gasteiger partial charge is 0.391 e. The van der Waals surface area contributed by atoms with Crippen LogP contribution in [0, 0.1) is 5.41 Å². The van der Waals surface area contributed by atoms with Crippen LogP contribution in [0.15, 0.2) is 30.9 Å². The molecule has 1 saturated heterocycles. The van der Waals surface area contributed by atoms with Gasteiger partial charge in [0.2, 0.25) is 5.90 Å². The van der Waals surface area contributed by atoms with E-state index >= 15 is 0 Å². The first-order valence-electron chi connectivity index (χ1n) is 6.57. The highest BCUT2D eigenvalue weighted by Crippen LogP contribution is 2.25. The summed E-state index contributed by atoms with van der Waals surface area (Å²) < 4.78 is 7.04. The first kappa shape index (κ1) is 13.5. The molecular formula is C13H16N6O2. The predicted octanol–water partition coefficient (Wildman–Crippen LogP) is 0.320. The standard InChI is InChI=1S/C13H16N6O2/c14-13(21-15)11-2-1-10(19-9-16-8-17-19)7-12(11)18-3-5-20-6-4-18/h1-2,7-9,14H,3-6,15H2. The highest BCUT2D eigenvalue weighted by molar-refractivity contribution is 5.98. The zero-order chi connectivity index (χ0) is 14.7. The van der Waals surface area contributed by atoms with Crippen molar-refractivity contribution in [2.24, 2.45) is 5.90 Å². The minimum atomic E-state index is -0.0679. The van der Waals surface area contributed by atoms with Gasteiger partial charge in [-0.1, -0.05) is 0 Å². The normalized spacial score (nSPS) is 15.0. The van der Waals surface area contributed by atoms with Crippen LogP contribution in [0.4, 0.5) is 5.69 Å². The van der Waals surface area contributed by atoms with Crippen molar-refractivity contribution >= 4 is 11.6 Å². The van der Waals surface area contributed by atoms with E-state index in [1.165, 1.54) is 6.33 Å². The van der Waals surface area contributed by atoms with E-state index in [0.29, 0.717) is 18.8 Å². The summed E-state index contributed by atoms with van der Waals surface area (Å²) in [4.78, 5) is 10.7. The maximum Gasteiger partial charge on any atom is 0.239 e. The number of nitrogens with zero attached hydrogens (tertiary/aromatic N) is 4. The molecule has 1 aliphatic rings. The third-order valence-electron chi connectivity index (χ3n) is 3.38. The number of morpholine rings is 1. The van der Waals surface area contributed by atoms with Crippen molar-refractivity contribution < 1.29 is 9.57 Å². The molecule has 0 spiro atoms. The van der Waals surface area contributed by atoms with Crippen LogP contribution in [0.25, 0.3) is 5.69 Å². The lowest BCUT2D eigenvalue weighted by Gasteiger charge is -2.30. The predicted molar refractivity (Wildman–Crippen MR) is 76.5 cm³/mol. The fourth-order valence-corrected chi connectivity index (χ4v) is 2.33. The Hall–Kier alpha value is -2.45. The lowest BCUT2D eigenvalue weighted by molar-refractivity contribution is 0.122. The number of hydrogen-bond acceptors (Lipinski definition) is 7. The maximum atomic E-state index is 7.84. The molecule has 0 saturated carbocycles. The van der Waals surface area contributed by atoms with Gasteiger partial charge in [0.15, 0.2) is 0 Å². The van der Waals surface area contributed by atoms with Crippen molar-refractivity contribution in [3.8, 4) is 5.69 Å². The molecule has 0 bridgehead atoms. The van der Waals surface area contributed by atoms with Crippen molar-refractivity contribution in [2.75, 3.05) is 31.2 Å². The van der Waals surface area contributed by atoms with E-state index in [-0.39, 0.29) is 5.90 Å². The van der Waals surface area contributed by atoms with Gasteiger partial charge < -0.3 is 14.5 Å². The van der Waals surface area contributed by atoms with Crippen LogP contribution in [0.1, 0.15) is 5.56 Å². The number of hydrogen-bond donors (Lipinski definition) is 2. The molecule has 0 atom stereocenters. The number of ether oxygens (including phenoxy) is 1. The molecule has 21 heavy (non-hydrogen) atoms. The van der Waals surface area contributed by atoms with Gasteiger partial charge >= 0.3 is 0 Å². The maximum absolute atomic E-state index is 7.84. The van der Waals surface area contributed by atoms with Gasteiger partial charge in [0.1, 0.15) is 12.7 Å². The minimum absolute atomic E-state index is 0.0679. The van der Waals surface area contributed by atoms with Crippen LogP contribution in [-0.4, -0.2) is 47.0 Å². The molecular weight excluding hydrogens is 272 g/mol. The molecule has 3 rings (SSSR count). The second-order valence-corrected chi connectivity index (χ2v) is 4.59. The lowest BCUT2D eigenvalue weighted by atomic mass is 10.1. The number of nitrogens with two attached hydrogens (primary N) is 1. The number of nitrogens with one attached hydrogen (secondary N) is 1. The molecule has 0 unspecified atom stereocenters. The molecule has 0 amide bonds. The van der Waals surface area contributed by atoms with Crippen molar-refractivity contribution in [3.63, 3.8) is 0 Å². The summed E-state index contributed by atoms with van der Waals surface area (Å²) in [7, 11) is 0. The minimum Gasteiger partial charge on any atom is -0.391 e. The first-order chi connectivity index (χ1) is 10.3. The molecule has 2 heterocycles. The average Bonchev–Trinajstić information content (AvgIpc) is 3.09. The Labute approximate surface area is 121 Å². The molecule has 8 nitrogen and oxygen atoms in total. The van der Waals surface area contributed by atoms with Crippen LogP contribution < -0.4 is 10.8 Å². The monoisotopic (exact) mass is 288 g/mol. The van der Waals surface area contributed by atoms with Crippen LogP contribution >= 0.6 is 0 Å².